The van der Waals surface area contributed by atoms with Crippen LogP contribution in [0.15, 0.2) is 34.3 Å². The first-order chi connectivity index (χ1) is 9.28. The molecule has 1 N–H and O–H groups in total. The van der Waals surface area contributed by atoms with Gasteiger partial charge in [-0.25, -0.2) is 9.83 Å². The van der Waals surface area contributed by atoms with Crippen LogP contribution in [0, 0.1) is 6.57 Å². The quantitative estimate of drug-likeness (QED) is 0.561. The van der Waals surface area contributed by atoms with Crippen molar-refractivity contribution in [1.29, 1.82) is 0 Å². The predicted molar refractivity (Wildman–Crippen MR) is 76.9 cm³/mol. The van der Waals surface area contributed by atoms with Crippen LogP contribution in [0.2, 0.25) is 5.15 Å². The number of thiophene rings is 1. The van der Waals surface area contributed by atoms with Gasteiger partial charge in [0.05, 0.1) is 35.3 Å². The molecule has 0 amide bonds. The number of nitrogens with one attached hydrogen (secondary N) is 1. The number of rotatable bonds is 3. The fraction of sp³-hybridized carbons (Fsp3) is 0.0769. The lowest BCUT2D eigenvalue weighted by atomic mass is 10.3. The van der Waals surface area contributed by atoms with E-state index in [2.05, 4.69) is 15.1 Å². The monoisotopic (exact) mass is 289 g/mol. The average molecular weight is 290 g/mol. The van der Waals surface area contributed by atoms with E-state index >= 15 is 0 Å². The first kappa shape index (κ1) is 12.0. The highest BCUT2D eigenvalue weighted by Gasteiger charge is 2.11. The van der Waals surface area contributed by atoms with Gasteiger partial charge in [0.15, 0.2) is 0 Å². The van der Waals surface area contributed by atoms with E-state index in [9.17, 15) is 0 Å². The Morgan fingerprint density at radius 3 is 3.16 bits per heavy atom. The summed E-state index contributed by atoms with van der Waals surface area (Å²) in [5.74, 6) is 0.836. The minimum atomic E-state index is 0.373. The number of hydrogen-bond acceptors (Lipinski definition) is 4. The van der Waals surface area contributed by atoms with E-state index in [1.54, 1.807) is 17.7 Å². The third-order valence-electron chi connectivity index (χ3n) is 2.63. The third-order valence-corrected chi connectivity index (χ3v) is 3.81. The maximum Gasteiger partial charge on any atom is 0.223 e. The molecule has 0 spiro atoms. The SMILES string of the molecule is [C-]#[N+]c1csc2c(NCc3ccco3)cc(Cl)nc12. The largest absolute Gasteiger partial charge is 0.467 e. The molecule has 3 aromatic rings. The van der Waals surface area contributed by atoms with E-state index < -0.39 is 0 Å². The minimum Gasteiger partial charge on any atom is -0.467 e. The fourth-order valence-corrected chi connectivity index (χ4v) is 2.88. The molecule has 0 bridgehead atoms. The van der Waals surface area contributed by atoms with Gasteiger partial charge in [-0.05, 0) is 23.6 Å². The number of aromatic nitrogens is 1. The number of halogens is 1. The highest BCUT2D eigenvalue weighted by molar-refractivity contribution is 7.18. The Balaban J connectivity index is 1.99. The lowest BCUT2D eigenvalue weighted by Gasteiger charge is -2.06. The molecule has 94 valence electrons. The van der Waals surface area contributed by atoms with Crippen molar-refractivity contribution in [3.63, 3.8) is 0 Å². The molecule has 0 saturated heterocycles. The number of anilines is 1. The van der Waals surface area contributed by atoms with Gasteiger partial charge in [0.2, 0.25) is 5.69 Å². The van der Waals surface area contributed by atoms with Crippen LogP contribution in [0.4, 0.5) is 11.4 Å². The molecule has 0 atom stereocenters. The summed E-state index contributed by atoms with van der Waals surface area (Å²) in [4.78, 5) is 7.65. The van der Waals surface area contributed by atoms with Crippen LogP contribution in [0.1, 0.15) is 5.76 Å². The number of nitrogens with zero attached hydrogens (tertiary/aromatic N) is 2. The van der Waals surface area contributed by atoms with Gasteiger partial charge in [-0.15, -0.1) is 0 Å². The van der Waals surface area contributed by atoms with Crippen molar-refractivity contribution >= 4 is 44.5 Å². The van der Waals surface area contributed by atoms with E-state index in [1.807, 2.05) is 12.1 Å². The summed E-state index contributed by atoms with van der Waals surface area (Å²) in [5, 5.41) is 5.42. The van der Waals surface area contributed by atoms with Crippen molar-refractivity contribution in [2.24, 2.45) is 0 Å². The molecule has 0 aliphatic rings. The van der Waals surface area contributed by atoms with E-state index in [4.69, 9.17) is 22.6 Å². The van der Waals surface area contributed by atoms with Gasteiger partial charge < -0.3 is 9.73 Å². The Morgan fingerprint density at radius 2 is 2.42 bits per heavy atom. The Bertz CT molecular complexity index is 758. The number of fused-ring (bicyclic) bond motifs is 1. The van der Waals surface area contributed by atoms with Crippen molar-refractivity contribution < 1.29 is 4.42 Å². The Kier molecular flexibility index (Phi) is 3.11. The van der Waals surface area contributed by atoms with Crippen molar-refractivity contribution in [3.8, 4) is 0 Å². The van der Waals surface area contributed by atoms with Gasteiger partial charge >= 0.3 is 0 Å². The molecule has 4 nitrogen and oxygen atoms in total. The minimum absolute atomic E-state index is 0.373. The smallest absolute Gasteiger partial charge is 0.223 e. The summed E-state index contributed by atoms with van der Waals surface area (Å²) in [6.07, 6.45) is 1.63. The van der Waals surface area contributed by atoms with Crippen LogP contribution in [-0.2, 0) is 6.54 Å². The molecule has 0 aliphatic heterocycles. The molecule has 3 aromatic heterocycles. The second-order valence-electron chi connectivity index (χ2n) is 3.84. The lowest BCUT2D eigenvalue weighted by Crippen LogP contribution is -1.98. The zero-order chi connectivity index (χ0) is 13.2. The Morgan fingerprint density at radius 1 is 1.53 bits per heavy atom. The topological polar surface area (TPSA) is 42.4 Å². The molecule has 19 heavy (non-hydrogen) atoms. The van der Waals surface area contributed by atoms with Gasteiger partial charge in [-0.1, -0.05) is 11.6 Å². The highest BCUT2D eigenvalue weighted by Crippen LogP contribution is 2.37. The Hall–Kier alpha value is -2.03. The summed E-state index contributed by atoms with van der Waals surface area (Å²) in [7, 11) is 0. The van der Waals surface area contributed by atoms with Gasteiger partial charge in [0.1, 0.15) is 10.9 Å². The first-order valence-corrected chi connectivity index (χ1v) is 6.75. The summed E-state index contributed by atoms with van der Waals surface area (Å²) in [6.45, 7) is 7.68. The normalized spacial score (nSPS) is 10.5. The molecule has 0 aromatic carbocycles. The van der Waals surface area contributed by atoms with Crippen LogP contribution in [0.25, 0.3) is 15.1 Å². The second-order valence-corrected chi connectivity index (χ2v) is 5.10. The molecule has 3 rings (SSSR count). The first-order valence-electron chi connectivity index (χ1n) is 5.49. The molecule has 0 saturated carbocycles. The van der Waals surface area contributed by atoms with Gasteiger partial charge in [-0.2, -0.15) is 11.3 Å². The molecular formula is C13H8ClN3OS. The summed E-state index contributed by atoms with van der Waals surface area (Å²) >= 11 is 7.48. The number of pyridine rings is 1. The van der Waals surface area contributed by atoms with Crippen LogP contribution in [0.5, 0.6) is 0 Å². The molecule has 0 fully saturated rings. The van der Waals surface area contributed by atoms with E-state index in [0.29, 0.717) is 22.9 Å². The van der Waals surface area contributed by atoms with E-state index in [-0.39, 0.29) is 0 Å². The highest BCUT2D eigenvalue weighted by atomic mass is 35.5. The molecule has 0 unspecified atom stereocenters. The number of furan rings is 1. The molecule has 6 heteroatoms. The fourth-order valence-electron chi connectivity index (χ4n) is 1.77. The maximum absolute atomic E-state index is 7.11. The summed E-state index contributed by atoms with van der Waals surface area (Å²) in [5.41, 5.74) is 2.05. The van der Waals surface area contributed by atoms with Crippen molar-refractivity contribution in [2.45, 2.75) is 6.54 Å². The summed E-state index contributed by atoms with van der Waals surface area (Å²) in [6, 6.07) is 5.50. The molecule has 3 heterocycles. The third kappa shape index (κ3) is 2.28. The molecule has 0 aliphatic carbocycles. The maximum atomic E-state index is 7.11. The predicted octanol–water partition coefficient (Wildman–Crippen LogP) is 4.71. The second kappa shape index (κ2) is 4.92. The van der Waals surface area contributed by atoms with Gasteiger partial charge in [0, 0.05) is 0 Å². The lowest BCUT2D eigenvalue weighted by molar-refractivity contribution is 0.518. The van der Waals surface area contributed by atoms with Crippen LogP contribution >= 0.6 is 22.9 Å². The van der Waals surface area contributed by atoms with Crippen LogP contribution < -0.4 is 5.32 Å². The number of hydrogen-bond donors (Lipinski definition) is 1. The van der Waals surface area contributed by atoms with E-state index in [0.717, 1.165) is 16.1 Å². The zero-order valence-electron chi connectivity index (χ0n) is 9.68. The zero-order valence-corrected chi connectivity index (χ0v) is 11.3. The van der Waals surface area contributed by atoms with Crippen molar-refractivity contribution in [3.05, 3.63) is 52.2 Å². The van der Waals surface area contributed by atoms with Crippen LogP contribution in [0.3, 0.4) is 0 Å². The van der Waals surface area contributed by atoms with E-state index in [1.165, 1.54) is 11.3 Å². The van der Waals surface area contributed by atoms with Crippen molar-refractivity contribution in [2.75, 3.05) is 5.32 Å². The van der Waals surface area contributed by atoms with Crippen LogP contribution in [-0.4, -0.2) is 4.98 Å². The standard InChI is InChI=1S/C13H8ClN3OS/c1-15-10-7-19-13-9(5-11(14)17-12(10)13)16-6-8-3-2-4-18-8/h2-5,7H,6H2,(H,16,17). The average Bonchev–Trinajstić information content (AvgIpc) is 3.04. The molecular weight excluding hydrogens is 282 g/mol. The molecule has 0 radical (unpaired) electrons. The Labute approximate surface area is 118 Å². The van der Waals surface area contributed by atoms with Crippen molar-refractivity contribution in [1.82, 2.24) is 4.98 Å². The van der Waals surface area contributed by atoms with Gasteiger partial charge in [-0.3, -0.25) is 0 Å². The summed E-state index contributed by atoms with van der Waals surface area (Å²) < 4.78 is 6.20. The van der Waals surface area contributed by atoms with Gasteiger partial charge in [0.25, 0.3) is 0 Å².